The number of aromatic nitrogens is 2. The average molecular weight is 350 g/mol. The minimum atomic E-state index is -0.744. The Morgan fingerprint density at radius 3 is 3.00 bits per heavy atom. The standard InChI is InChI=1S/C16H18N2O3S2/c1-10-11(2)23-15-14(10)16(20)18(9-17-15)6-12(19)7-21-8-13-4-3-5-22-13/h3-5,9,12,19H,6-8H2,1-2H3/t12-/m0/s1. The summed E-state index contributed by atoms with van der Waals surface area (Å²) in [5.74, 6) is 0. The van der Waals surface area contributed by atoms with Crippen LogP contribution in [0.25, 0.3) is 10.2 Å². The lowest BCUT2D eigenvalue weighted by Gasteiger charge is -2.12. The first-order chi connectivity index (χ1) is 11.1. The lowest BCUT2D eigenvalue weighted by atomic mass is 10.2. The van der Waals surface area contributed by atoms with Crippen LogP contribution in [0.4, 0.5) is 0 Å². The molecule has 0 saturated heterocycles. The molecule has 0 amide bonds. The molecular weight excluding hydrogens is 332 g/mol. The van der Waals surface area contributed by atoms with Gasteiger partial charge in [0.05, 0.1) is 37.6 Å². The van der Waals surface area contributed by atoms with Crippen LogP contribution in [0.3, 0.4) is 0 Å². The number of fused-ring (bicyclic) bond motifs is 1. The van der Waals surface area contributed by atoms with Gasteiger partial charge in [0.2, 0.25) is 0 Å². The summed E-state index contributed by atoms with van der Waals surface area (Å²) in [7, 11) is 0. The molecule has 3 aromatic heterocycles. The van der Waals surface area contributed by atoms with E-state index >= 15 is 0 Å². The molecule has 0 radical (unpaired) electrons. The van der Waals surface area contributed by atoms with E-state index in [1.807, 2.05) is 31.4 Å². The van der Waals surface area contributed by atoms with Crippen molar-refractivity contribution in [2.75, 3.05) is 6.61 Å². The molecular formula is C16H18N2O3S2. The van der Waals surface area contributed by atoms with E-state index in [1.165, 1.54) is 22.2 Å². The number of aryl methyl sites for hydroxylation is 2. The van der Waals surface area contributed by atoms with Crippen molar-refractivity contribution in [2.45, 2.75) is 33.1 Å². The number of ether oxygens (including phenoxy) is 1. The quantitative estimate of drug-likeness (QED) is 0.742. The number of nitrogens with zero attached hydrogens (tertiary/aromatic N) is 2. The van der Waals surface area contributed by atoms with Crippen molar-refractivity contribution in [3.63, 3.8) is 0 Å². The summed E-state index contributed by atoms with van der Waals surface area (Å²) in [4.78, 5) is 19.8. The highest BCUT2D eigenvalue weighted by molar-refractivity contribution is 7.18. The fraction of sp³-hybridized carbons (Fsp3) is 0.375. The number of thiophene rings is 2. The molecule has 1 N–H and O–H groups in total. The van der Waals surface area contributed by atoms with E-state index in [1.54, 1.807) is 11.3 Å². The highest BCUT2D eigenvalue weighted by atomic mass is 32.1. The molecule has 3 rings (SSSR count). The molecule has 0 aliphatic heterocycles. The Kier molecular flexibility index (Phi) is 4.91. The highest BCUT2D eigenvalue weighted by Crippen LogP contribution is 2.25. The Morgan fingerprint density at radius 2 is 2.26 bits per heavy atom. The zero-order valence-electron chi connectivity index (χ0n) is 13.0. The van der Waals surface area contributed by atoms with Crippen LogP contribution in [0.15, 0.2) is 28.6 Å². The van der Waals surface area contributed by atoms with Gasteiger partial charge in [0, 0.05) is 9.75 Å². The smallest absolute Gasteiger partial charge is 0.262 e. The van der Waals surface area contributed by atoms with Crippen LogP contribution in [0.1, 0.15) is 15.3 Å². The normalized spacial score (nSPS) is 12.8. The Balaban J connectivity index is 1.67. The van der Waals surface area contributed by atoms with Crippen molar-refractivity contribution in [1.82, 2.24) is 9.55 Å². The monoisotopic (exact) mass is 350 g/mol. The summed E-state index contributed by atoms with van der Waals surface area (Å²) in [6, 6.07) is 3.95. The van der Waals surface area contributed by atoms with Crippen molar-refractivity contribution < 1.29 is 9.84 Å². The summed E-state index contributed by atoms with van der Waals surface area (Å²) in [6.07, 6.45) is 0.759. The zero-order chi connectivity index (χ0) is 16.4. The zero-order valence-corrected chi connectivity index (χ0v) is 14.6. The summed E-state index contributed by atoms with van der Waals surface area (Å²) in [6.45, 7) is 4.76. The SMILES string of the molecule is Cc1sc2ncn(C[C@H](O)COCc3cccs3)c(=O)c2c1C. The summed E-state index contributed by atoms with van der Waals surface area (Å²) < 4.78 is 6.95. The van der Waals surface area contributed by atoms with Gasteiger partial charge in [-0.1, -0.05) is 6.07 Å². The van der Waals surface area contributed by atoms with Gasteiger partial charge < -0.3 is 9.84 Å². The maximum atomic E-state index is 12.5. The molecule has 0 aliphatic rings. The number of aliphatic hydroxyl groups excluding tert-OH is 1. The molecule has 0 bridgehead atoms. The number of hydrogen-bond donors (Lipinski definition) is 1. The maximum Gasteiger partial charge on any atom is 0.262 e. The second-order valence-corrected chi connectivity index (χ2v) is 7.65. The van der Waals surface area contributed by atoms with Gasteiger partial charge in [0.1, 0.15) is 4.83 Å². The third-order valence-corrected chi connectivity index (χ3v) is 5.66. The van der Waals surface area contributed by atoms with E-state index in [9.17, 15) is 9.90 Å². The largest absolute Gasteiger partial charge is 0.389 e. The van der Waals surface area contributed by atoms with Gasteiger partial charge in [-0.2, -0.15) is 0 Å². The van der Waals surface area contributed by atoms with E-state index in [-0.39, 0.29) is 18.7 Å². The molecule has 0 aromatic carbocycles. The fourth-order valence-electron chi connectivity index (χ4n) is 2.37. The Bertz CT molecular complexity index is 852. The Labute approximate surface area is 141 Å². The van der Waals surface area contributed by atoms with Gasteiger partial charge in [-0.15, -0.1) is 22.7 Å². The van der Waals surface area contributed by atoms with Crippen molar-refractivity contribution in [3.05, 3.63) is 49.5 Å². The fourth-order valence-corrected chi connectivity index (χ4v) is 4.00. The number of aliphatic hydroxyl groups is 1. The lowest BCUT2D eigenvalue weighted by Crippen LogP contribution is -2.29. The number of rotatable bonds is 6. The second-order valence-electron chi connectivity index (χ2n) is 5.41. The van der Waals surface area contributed by atoms with Gasteiger partial charge >= 0.3 is 0 Å². The molecule has 5 nitrogen and oxygen atoms in total. The predicted molar refractivity (Wildman–Crippen MR) is 93.3 cm³/mol. The molecule has 122 valence electrons. The molecule has 0 unspecified atom stereocenters. The third kappa shape index (κ3) is 3.53. The van der Waals surface area contributed by atoms with Gasteiger partial charge in [-0.25, -0.2) is 4.98 Å². The Hall–Kier alpha value is -1.54. The number of hydrogen-bond acceptors (Lipinski definition) is 6. The average Bonchev–Trinajstić information content (AvgIpc) is 3.12. The molecule has 0 spiro atoms. The van der Waals surface area contributed by atoms with Crippen molar-refractivity contribution in [1.29, 1.82) is 0 Å². The lowest BCUT2D eigenvalue weighted by molar-refractivity contribution is 0.0207. The molecule has 0 aliphatic carbocycles. The van der Waals surface area contributed by atoms with Gasteiger partial charge in [0.25, 0.3) is 5.56 Å². The molecule has 7 heteroatoms. The van der Waals surface area contributed by atoms with Gasteiger partial charge in [0.15, 0.2) is 0 Å². The molecule has 23 heavy (non-hydrogen) atoms. The first kappa shape index (κ1) is 16.3. The molecule has 1 atom stereocenters. The van der Waals surface area contributed by atoms with E-state index in [2.05, 4.69) is 4.98 Å². The summed E-state index contributed by atoms with van der Waals surface area (Å²) in [5, 5.41) is 12.7. The highest BCUT2D eigenvalue weighted by Gasteiger charge is 2.14. The van der Waals surface area contributed by atoms with Gasteiger partial charge in [-0.3, -0.25) is 9.36 Å². The van der Waals surface area contributed by atoms with Crippen molar-refractivity contribution in [3.8, 4) is 0 Å². The molecule has 0 saturated carbocycles. The van der Waals surface area contributed by atoms with E-state index in [4.69, 9.17) is 4.74 Å². The topological polar surface area (TPSA) is 64.3 Å². The van der Waals surface area contributed by atoms with Gasteiger partial charge in [-0.05, 0) is 30.9 Å². The Morgan fingerprint density at radius 1 is 1.43 bits per heavy atom. The van der Waals surface area contributed by atoms with Crippen molar-refractivity contribution >= 4 is 32.9 Å². The first-order valence-corrected chi connectivity index (χ1v) is 8.99. The van der Waals surface area contributed by atoms with Crippen LogP contribution in [0.5, 0.6) is 0 Å². The molecule has 3 heterocycles. The predicted octanol–water partition coefficient (Wildman–Crippen LogP) is 2.71. The second kappa shape index (κ2) is 6.92. The maximum absolute atomic E-state index is 12.5. The molecule has 0 fully saturated rings. The van der Waals surface area contributed by atoms with E-state index in [0.717, 1.165) is 20.1 Å². The minimum absolute atomic E-state index is 0.103. The van der Waals surface area contributed by atoms with Crippen molar-refractivity contribution in [2.24, 2.45) is 0 Å². The van der Waals surface area contributed by atoms with Crippen LogP contribution >= 0.6 is 22.7 Å². The van der Waals surface area contributed by atoms with E-state index < -0.39 is 6.10 Å². The molecule has 3 aromatic rings. The van der Waals surface area contributed by atoms with Crippen LogP contribution in [0.2, 0.25) is 0 Å². The third-order valence-electron chi connectivity index (χ3n) is 3.70. The van der Waals surface area contributed by atoms with Crippen LogP contribution < -0.4 is 5.56 Å². The summed E-state index contributed by atoms with van der Waals surface area (Å²) in [5.41, 5.74) is 0.870. The minimum Gasteiger partial charge on any atom is -0.389 e. The van der Waals surface area contributed by atoms with Crippen LogP contribution in [0, 0.1) is 13.8 Å². The summed E-state index contributed by atoms with van der Waals surface area (Å²) >= 11 is 3.14. The first-order valence-electron chi connectivity index (χ1n) is 7.29. The van der Waals surface area contributed by atoms with E-state index in [0.29, 0.717) is 12.0 Å². The van der Waals surface area contributed by atoms with Crippen LogP contribution in [-0.2, 0) is 17.9 Å². The van der Waals surface area contributed by atoms with Crippen LogP contribution in [-0.4, -0.2) is 27.4 Å².